The molecule has 16 heavy (non-hydrogen) atoms. The molecule has 0 spiro atoms. The van der Waals surface area contributed by atoms with E-state index in [-0.39, 0.29) is 6.10 Å². The second-order valence-corrected chi connectivity index (χ2v) is 4.33. The highest BCUT2D eigenvalue weighted by atomic mass is 16.5. The molecule has 0 bridgehead atoms. The van der Waals surface area contributed by atoms with Crippen LogP contribution in [0.5, 0.6) is 5.75 Å². The highest BCUT2D eigenvalue weighted by Gasteiger charge is 2.23. The minimum absolute atomic E-state index is 0.189. The van der Waals surface area contributed by atoms with Crippen LogP contribution >= 0.6 is 0 Å². The van der Waals surface area contributed by atoms with Crippen LogP contribution in [0.3, 0.4) is 0 Å². The number of hydrogen-bond acceptors (Lipinski definition) is 3. The molecule has 0 aliphatic rings. The Morgan fingerprint density at radius 2 is 1.81 bits per heavy atom. The molecule has 0 saturated heterocycles. The Kier molecular flexibility index (Phi) is 4.33. The van der Waals surface area contributed by atoms with Gasteiger partial charge < -0.3 is 15.2 Å². The molecular weight excluding hydrogens is 202 g/mol. The third-order valence-electron chi connectivity index (χ3n) is 2.68. The molecule has 0 radical (unpaired) electrons. The third kappa shape index (κ3) is 2.97. The van der Waals surface area contributed by atoms with Gasteiger partial charge in [-0.25, -0.2) is 0 Å². The minimum atomic E-state index is -0.420. The zero-order valence-corrected chi connectivity index (χ0v) is 10.5. The van der Waals surface area contributed by atoms with E-state index in [1.54, 1.807) is 7.11 Å². The van der Waals surface area contributed by atoms with Gasteiger partial charge in [0.15, 0.2) is 0 Å². The maximum atomic E-state index is 5.71. The summed E-state index contributed by atoms with van der Waals surface area (Å²) in [4.78, 5) is 0. The summed E-state index contributed by atoms with van der Waals surface area (Å²) in [6.45, 7) is 6.44. The van der Waals surface area contributed by atoms with Crippen molar-refractivity contribution in [2.75, 3.05) is 13.7 Å². The number of ether oxygens (including phenoxy) is 2. The van der Waals surface area contributed by atoms with Gasteiger partial charge >= 0.3 is 0 Å². The average Bonchev–Trinajstić information content (AvgIpc) is 2.28. The molecule has 0 aromatic heterocycles. The fraction of sp³-hybridized carbons (Fsp3) is 0.538. The molecule has 1 unspecified atom stereocenters. The molecular formula is C13H21NO2. The third-order valence-corrected chi connectivity index (χ3v) is 2.68. The monoisotopic (exact) mass is 223 g/mol. The van der Waals surface area contributed by atoms with Crippen LogP contribution in [0.25, 0.3) is 0 Å². The van der Waals surface area contributed by atoms with Gasteiger partial charge in [-0.3, -0.25) is 0 Å². The summed E-state index contributed by atoms with van der Waals surface area (Å²) in [6, 6.07) is 7.88. The van der Waals surface area contributed by atoms with Crippen molar-refractivity contribution in [1.29, 1.82) is 0 Å². The Labute approximate surface area is 97.6 Å². The predicted octanol–water partition coefficient (Wildman–Crippen LogP) is 2.29. The molecule has 0 aliphatic heterocycles. The summed E-state index contributed by atoms with van der Waals surface area (Å²) < 4.78 is 11.0. The summed E-state index contributed by atoms with van der Waals surface area (Å²) >= 11 is 0. The molecule has 0 amide bonds. The molecule has 90 valence electrons. The van der Waals surface area contributed by atoms with Crippen molar-refractivity contribution >= 4 is 0 Å². The van der Waals surface area contributed by atoms with Crippen molar-refractivity contribution in [2.24, 2.45) is 5.73 Å². The van der Waals surface area contributed by atoms with Gasteiger partial charge in [-0.15, -0.1) is 0 Å². The molecule has 0 aliphatic carbocycles. The predicted molar refractivity (Wildman–Crippen MR) is 65.6 cm³/mol. The van der Waals surface area contributed by atoms with E-state index in [4.69, 9.17) is 15.2 Å². The zero-order valence-electron chi connectivity index (χ0n) is 10.5. The molecule has 2 N–H and O–H groups in total. The normalized spacial score (nSPS) is 14.9. The molecule has 1 rings (SSSR count). The van der Waals surface area contributed by atoms with E-state index >= 15 is 0 Å². The maximum Gasteiger partial charge on any atom is 0.119 e. The number of hydrogen-bond donors (Lipinski definition) is 1. The quantitative estimate of drug-likeness (QED) is 0.833. The van der Waals surface area contributed by atoms with Gasteiger partial charge in [0, 0.05) is 13.7 Å². The summed E-state index contributed by atoms with van der Waals surface area (Å²) in [5.74, 6) is 0.870. The van der Waals surface area contributed by atoms with Gasteiger partial charge in [-0.2, -0.15) is 0 Å². The lowest BCUT2D eigenvalue weighted by Crippen LogP contribution is -2.33. The first kappa shape index (κ1) is 13.0. The molecule has 1 atom stereocenters. The van der Waals surface area contributed by atoms with Gasteiger partial charge in [0.05, 0.1) is 6.10 Å². The van der Waals surface area contributed by atoms with E-state index < -0.39 is 5.60 Å². The van der Waals surface area contributed by atoms with E-state index in [9.17, 15) is 0 Å². The minimum Gasteiger partial charge on any atom is -0.491 e. The van der Waals surface area contributed by atoms with Crippen LogP contribution in [-0.4, -0.2) is 19.8 Å². The lowest BCUT2D eigenvalue weighted by atomic mass is 9.96. The van der Waals surface area contributed by atoms with Gasteiger partial charge in [0.1, 0.15) is 11.4 Å². The van der Waals surface area contributed by atoms with E-state index in [2.05, 4.69) is 0 Å². The van der Waals surface area contributed by atoms with Gasteiger partial charge in [0.2, 0.25) is 0 Å². The van der Waals surface area contributed by atoms with Crippen molar-refractivity contribution < 1.29 is 9.47 Å². The molecule has 3 heteroatoms. The Bertz CT molecular complexity index is 315. The Balaban J connectivity index is 2.85. The highest BCUT2D eigenvalue weighted by molar-refractivity contribution is 5.31. The Hall–Kier alpha value is -1.06. The second kappa shape index (κ2) is 5.32. The standard InChI is InChI=1S/C13H21NO2/c1-10(2)16-12-7-5-11(6-8-12)13(3,9-14)15-4/h5-8,10H,9,14H2,1-4H3. The SMILES string of the molecule is COC(C)(CN)c1ccc(OC(C)C)cc1. The first-order chi connectivity index (χ1) is 7.51. The van der Waals surface area contributed by atoms with Crippen molar-refractivity contribution in [3.8, 4) is 5.75 Å². The Morgan fingerprint density at radius 3 is 2.19 bits per heavy atom. The van der Waals surface area contributed by atoms with Crippen LogP contribution in [0.1, 0.15) is 26.3 Å². The smallest absolute Gasteiger partial charge is 0.119 e. The molecule has 1 aromatic rings. The fourth-order valence-corrected chi connectivity index (χ4v) is 1.48. The van der Waals surface area contributed by atoms with Crippen molar-refractivity contribution in [2.45, 2.75) is 32.5 Å². The number of nitrogens with two attached hydrogens (primary N) is 1. The molecule has 1 aromatic carbocycles. The number of methoxy groups -OCH3 is 1. The fourth-order valence-electron chi connectivity index (χ4n) is 1.48. The topological polar surface area (TPSA) is 44.5 Å². The number of benzene rings is 1. The van der Waals surface area contributed by atoms with Crippen LogP contribution in [0.4, 0.5) is 0 Å². The lowest BCUT2D eigenvalue weighted by molar-refractivity contribution is 0.0100. The van der Waals surface area contributed by atoms with Gasteiger partial charge in [-0.05, 0) is 38.5 Å². The molecule has 0 fully saturated rings. The first-order valence-corrected chi connectivity index (χ1v) is 5.54. The Morgan fingerprint density at radius 1 is 1.25 bits per heavy atom. The van der Waals surface area contributed by atoms with Crippen molar-refractivity contribution in [3.63, 3.8) is 0 Å². The maximum absolute atomic E-state index is 5.71. The van der Waals surface area contributed by atoms with E-state index in [1.807, 2.05) is 45.0 Å². The molecule has 0 saturated carbocycles. The zero-order chi connectivity index (χ0) is 12.2. The van der Waals surface area contributed by atoms with Crippen LogP contribution in [0.15, 0.2) is 24.3 Å². The van der Waals surface area contributed by atoms with E-state index in [1.165, 1.54) is 0 Å². The molecule has 0 heterocycles. The summed E-state index contributed by atoms with van der Waals surface area (Å²) in [6.07, 6.45) is 0.189. The largest absolute Gasteiger partial charge is 0.491 e. The summed E-state index contributed by atoms with van der Waals surface area (Å²) in [5, 5.41) is 0. The average molecular weight is 223 g/mol. The van der Waals surface area contributed by atoms with Crippen LogP contribution < -0.4 is 10.5 Å². The van der Waals surface area contributed by atoms with Gasteiger partial charge in [0.25, 0.3) is 0 Å². The van der Waals surface area contributed by atoms with E-state index in [0.717, 1.165) is 11.3 Å². The van der Waals surface area contributed by atoms with Crippen LogP contribution in [0, 0.1) is 0 Å². The van der Waals surface area contributed by atoms with E-state index in [0.29, 0.717) is 6.54 Å². The first-order valence-electron chi connectivity index (χ1n) is 5.54. The van der Waals surface area contributed by atoms with Crippen LogP contribution in [-0.2, 0) is 10.3 Å². The number of rotatable bonds is 5. The second-order valence-electron chi connectivity index (χ2n) is 4.33. The highest BCUT2D eigenvalue weighted by Crippen LogP contribution is 2.25. The molecule has 3 nitrogen and oxygen atoms in total. The van der Waals surface area contributed by atoms with Crippen LogP contribution in [0.2, 0.25) is 0 Å². The van der Waals surface area contributed by atoms with Crippen molar-refractivity contribution in [3.05, 3.63) is 29.8 Å². The van der Waals surface area contributed by atoms with Crippen molar-refractivity contribution in [1.82, 2.24) is 0 Å². The summed E-state index contributed by atoms with van der Waals surface area (Å²) in [7, 11) is 1.67. The summed E-state index contributed by atoms with van der Waals surface area (Å²) in [5.41, 5.74) is 6.36. The van der Waals surface area contributed by atoms with Gasteiger partial charge in [-0.1, -0.05) is 12.1 Å². The lowest BCUT2D eigenvalue weighted by Gasteiger charge is -2.27.